The van der Waals surface area contributed by atoms with Crippen molar-refractivity contribution in [2.45, 2.75) is 90.4 Å². The summed E-state index contributed by atoms with van der Waals surface area (Å²) in [5, 5.41) is 4.56. The average molecular weight is 313 g/mol. The Bertz CT molecular complexity index is 254. The number of hydrogen-bond acceptors (Lipinski definition) is 3. The lowest BCUT2D eigenvalue weighted by atomic mass is 10.1. The Kier molecular flexibility index (Phi) is 13.2. The summed E-state index contributed by atoms with van der Waals surface area (Å²) in [4.78, 5) is 4.49. The molecule has 0 radical (unpaired) electrons. The molecule has 2 nitrogen and oxygen atoms in total. The zero-order chi connectivity index (χ0) is 15.0. The first-order valence-corrected chi connectivity index (χ1v) is 10.3. The van der Waals surface area contributed by atoms with Crippen LogP contribution in [0.15, 0.2) is 4.99 Å². The van der Waals surface area contributed by atoms with Gasteiger partial charge in [0.15, 0.2) is 5.17 Å². The molecule has 0 amide bonds. The van der Waals surface area contributed by atoms with E-state index in [4.69, 9.17) is 0 Å². The van der Waals surface area contributed by atoms with Crippen molar-refractivity contribution in [3.8, 4) is 0 Å². The zero-order valence-electron chi connectivity index (χ0n) is 14.2. The summed E-state index contributed by atoms with van der Waals surface area (Å²) in [6.07, 6.45) is 18.4. The summed E-state index contributed by atoms with van der Waals surface area (Å²) >= 11 is 1.92. The molecular formula is C18H36N2S. The van der Waals surface area contributed by atoms with Crippen LogP contribution in [0.2, 0.25) is 0 Å². The molecule has 0 fully saturated rings. The number of hydrogen-bond donors (Lipinski definition) is 1. The summed E-state index contributed by atoms with van der Waals surface area (Å²) < 4.78 is 0. The first-order chi connectivity index (χ1) is 10.4. The first kappa shape index (κ1) is 18.9. The third-order valence-corrected chi connectivity index (χ3v) is 5.14. The van der Waals surface area contributed by atoms with Crippen LogP contribution in [0.1, 0.15) is 90.4 Å². The zero-order valence-corrected chi connectivity index (χ0v) is 15.0. The summed E-state index contributed by atoms with van der Waals surface area (Å²) in [5.74, 6) is 1.24. The van der Waals surface area contributed by atoms with Crippen molar-refractivity contribution in [1.82, 2.24) is 5.32 Å². The Hall–Kier alpha value is -0.180. The van der Waals surface area contributed by atoms with Crippen molar-refractivity contribution in [3.05, 3.63) is 0 Å². The SMILES string of the molecule is CCCCCCCCCCCCCCSC1=NCCCN1. The van der Waals surface area contributed by atoms with E-state index in [1.807, 2.05) is 11.8 Å². The van der Waals surface area contributed by atoms with E-state index in [-0.39, 0.29) is 0 Å². The Labute approximate surface area is 137 Å². The number of amidine groups is 1. The molecule has 1 rings (SSSR count). The van der Waals surface area contributed by atoms with E-state index in [0.29, 0.717) is 0 Å². The Morgan fingerprint density at radius 3 is 1.95 bits per heavy atom. The van der Waals surface area contributed by atoms with Crippen molar-refractivity contribution < 1.29 is 0 Å². The maximum absolute atomic E-state index is 4.49. The highest BCUT2D eigenvalue weighted by atomic mass is 32.2. The fourth-order valence-corrected chi connectivity index (χ4v) is 3.65. The second-order valence-electron chi connectivity index (χ2n) is 6.20. The minimum absolute atomic E-state index is 1.02. The summed E-state index contributed by atoms with van der Waals surface area (Å²) in [7, 11) is 0. The Morgan fingerprint density at radius 2 is 1.43 bits per heavy atom. The Morgan fingerprint density at radius 1 is 0.857 bits per heavy atom. The minimum atomic E-state index is 1.02. The highest BCUT2D eigenvalue weighted by Crippen LogP contribution is 2.14. The molecule has 1 heterocycles. The molecule has 1 N–H and O–H groups in total. The van der Waals surface area contributed by atoms with Gasteiger partial charge >= 0.3 is 0 Å². The highest BCUT2D eigenvalue weighted by molar-refractivity contribution is 8.13. The highest BCUT2D eigenvalue weighted by Gasteiger charge is 2.03. The molecule has 0 aromatic carbocycles. The molecule has 124 valence electrons. The quantitative estimate of drug-likeness (QED) is 0.437. The summed E-state index contributed by atoms with van der Waals surface area (Å²) in [6.45, 7) is 4.43. The van der Waals surface area contributed by atoms with Crippen LogP contribution < -0.4 is 5.32 Å². The standard InChI is InChI=1S/C18H36N2S/c1-2-3-4-5-6-7-8-9-10-11-12-13-17-21-18-19-15-14-16-20-18/h2-17H2,1H3,(H,19,20). The molecule has 0 saturated heterocycles. The Balaban J connectivity index is 1.71. The van der Waals surface area contributed by atoms with Crippen LogP contribution in [0, 0.1) is 0 Å². The van der Waals surface area contributed by atoms with Gasteiger partial charge in [0.2, 0.25) is 0 Å². The fourth-order valence-electron chi connectivity index (χ4n) is 2.72. The van der Waals surface area contributed by atoms with E-state index in [0.717, 1.165) is 13.1 Å². The van der Waals surface area contributed by atoms with E-state index in [1.165, 1.54) is 94.4 Å². The van der Waals surface area contributed by atoms with Gasteiger partial charge in [0.25, 0.3) is 0 Å². The predicted octanol–water partition coefficient (Wildman–Crippen LogP) is 5.77. The molecule has 0 spiro atoms. The van der Waals surface area contributed by atoms with Crippen LogP contribution in [0.4, 0.5) is 0 Å². The molecule has 21 heavy (non-hydrogen) atoms. The van der Waals surface area contributed by atoms with Crippen molar-refractivity contribution in [2.75, 3.05) is 18.8 Å². The topological polar surface area (TPSA) is 24.4 Å². The lowest BCUT2D eigenvalue weighted by Gasteiger charge is -2.13. The molecule has 0 aromatic rings. The fraction of sp³-hybridized carbons (Fsp3) is 0.944. The second-order valence-corrected chi connectivity index (χ2v) is 7.29. The van der Waals surface area contributed by atoms with Gasteiger partial charge in [-0.05, 0) is 12.8 Å². The summed E-state index contributed by atoms with van der Waals surface area (Å²) in [6, 6.07) is 0. The largest absolute Gasteiger partial charge is 0.365 e. The normalized spacial score (nSPS) is 14.8. The lowest BCUT2D eigenvalue weighted by molar-refractivity contribution is 0.548. The number of nitrogens with one attached hydrogen (secondary N) is 1. The van der Waals surface area contributed by atoms with Crippen LogP contribution in [0.25, 0.3) is 0 Å². The molecule has 0 atom stereocenters. The maximum Gasteiger partial charge on any atom is 0.156 e. The van der Waals surface area contributed by atoms with Gasteiger partial charge in [-0.15, -0.1) is 0 Å². The summed E-state index contributed by atoms with van der Waals surface area (Å²) in [5.41, 5.74) is 0. The van der Waals surface area contributed by atoms with E-state index < -0.39 is 0 Å². The monoisotopic (exact) mass is 312 g/mol. The van der Waals surface area contributed by atoms with Crippen LogP contribution in [0.3, 0.4) is 0 Å². The van der Waals surface area contributed by atoms with Gasteiger partial charge in [0.05, 0.1) is 0 Å². The number of aliphatic imine (C=N–C) groups is 1. The molecule has 1 aliphatic rings. The van der Waals surface area contributed by atoms with E-state index in [2.05, 4.69) is 17.2 Å². The molecule has 0 aromatic heterocycles. The molecule has 0 aliphatic carbocycles. The molecule has 3 heteroatoms. The van der Waals surface area contributed by atoms with Gasteiger partial charge in [0, 0.05) is 18.8 Å². The number of thioether (sulfide) groups is 1. The number of nitrogens with zero attached hydrogens (tertiary/aromatic N) is 1. The van der Waals surface area contributed by atoms with Gasteiger partial charge in [-0.2, -0.15) is 0 Å². The predicted molar refractivity (Wildman–Crippen MR) is 98.5 cm³/mol. The minimum Gasteiger partial charge on any atom is -0.365 e. The van der Waals surface area contributed by atoms with Gasteiger partial charge < -0.3 is 5.32 Å². The molecule has 0 bridgehead atoms. The van der Waals surface area contributed by atoms with Gasteiger partial charge in [-0.1, -0.05) is 89.3 Å². The molecule has 0 unspecified atom stereocenters. The maximum atomic E-state index is 4.49. The number of rotatable bonds is 13. The molecule has 1 aliphatic heterocycles. The van der Waals surface area contributed by atoms with Crippen molar-refractivity contribution in [3.63, 3.8) is 0 Å². The van der Waals surface area contributed by atoms with E-state index in [9.17, 15) is 0 Å². The second kappa shape index (κ2) is 14.7. The first-order valence-electron chi connectivity index (χ1n) is 9.34. The van der Waals surface area contributed by atoms with Gasteiger partial charge in [0.1, 0.15) is 0 Å². The van der Waals surface area contributed by atoms with Crippen LogP contribution >= 0.6 is 11.8 Å². The molecule has 0 saturated carbocycles. The van der Waals surface area contributed by atoms with Crippen LogP contribution in [0.5, 0.6) is 0 Å². The van der Waals surface area contributed by atoms with Crippen molar-refractivity contribution >= 4 is 16.9 Å². The van der Waals surface area contributed by atoms with Crippen molar-refractivity contribution in [1.29, 1.82) is 0 Å². The lowest BCUT2D eigenvalue weighted by Crippen LogP contribution is -2.26. The number of unbranched alkanes of at least 4 members (excludes halogenated alkanes) is 11. The smallest absolute Gasteiger partial charge is 0.156 e. The van der Waals surface area contributed by atoms with Crippen molar-refractivity contribution in [2.24, 2.45) is 4.99 Å². The van der Waals surface area contributed by atoms with E-state index >= 15 is 0 Å². The van der Waals surface area contributed by atoms with Crippen LogP contribution in [-0.2, 0) is 0 Å². The third-order valence-electron chi connectivity index (χ3n) is 4.10. The molecular weight excluding hydrogens is 276 g/mol. The third kappa shape index (κ3) is 12.1. The van der Waals surface area contributed by atoms with Gasteiger partial charge in [-0.3, -0.25) is 4.99 Å². The van der Waals surface area contributed by atoms with Gasteiger partial charge in [-0.25, -0.2) is 0 Å². The average Bonchev–Trinajstić information content (AvgIpc) is 2.53. The van der Waals surface area contributed by atoms with Crippen LogP contribution in [-0.4, -0.2) is 24.0 Å². The van der Waals surface area contributed by atoms with E-state index in [1.54, 1.807) is 0 Å².